The molecule has 0 aliphatic rings. The molecule has 0 bridgehead atoms. The lowest BCUT2D eigenvalue weighted by atomic mass is 9.87. The molecule has 1 aromatic heterocycles. The van der Waals surface area contributed by atoms with Crippen molar-refractivity contribution >= 4 is 17.5 Å². The molecule has 1 atom stereocenters. The topological polar surface area (TPSA) is 58.1 Å². The first-order valence-corrected chi connectivity index (χ1v) is 7.70. The predicted octanol–water partition coefficient (Wildman–Crippen LogP) is 3.73. The summed E-state index contributed by atoms with van der Waals surface area (Å²) in [4.78, 5) is 22.7. The molecule has 0 saturated carbocycles. The third-order valence-electron chi connectivity index (χ3n) is 4.09. The molecule has 2 rings (SSSR count). The van der Waals surface area contributed by atoms with E-state index >= 15 is 0 Å². The second-order valence-corrected chi connectivity index (χ2v) is 6.74. The van der Waals surface area contributed by atoms with Crippen LogP contribution in [0.15, 0.2) is 42.7 Å². The summed E-state index contributed by atoms with van der Waals surface area (Å²) in [5.41, 5.74) is 1.46. The van der Waals surface area contributed by atoms with Crippen LogP contribution in [0.1, 0.15) is 38.1 Å². The first-order chi connectivity index (χ1) is 10.8. The molecule has 0 aliphatic heterocycles. The van der Waals surface area contributed by atoms with E-state index < -0.39 is 0 Å². The molecular weight excluding hydrogens is 288 g/mol. The van der Waals surface area contributed by atoms with Crippen LogP contribution >= 0.6 is 0 Å². The Hall–Kier alpha value is -2.43. The number of anilines is 2. The second-order valence-electron chi connectivity index (χ2n) is 6.74. The van der Waals surface area contributed by atoms with Gasteiger partial charge in [0.05, 0.1) is 0 Å². The van der Waals surface area contributed by atoms with E-state index in [0.717, 1.165) is 5.69 Å². The number of nitrogens with zero attached hydrogens (tertiary/aromatic N) is 3. The molecule has 122 valence electrons. The Labute approximate surface area is 137 Å². The van der Waals surface area contributed by atoms with Crippen LogP contribution in [0, 0.1) is 5.41 Å². The van der Waals surface area contributed by atoms with Crippen molar-refractivity contribution in [3.05, 3.63) is 48.3 Å². The number of rotatable bonds is 4. The van der Waals surface area contributed by atoms with Crippen molar-refractivity contribution in [1.82, 2.24) is 14.9 Å². The largest absolute Gasteiger partial charge is 0.338 e. The van der Waals surface area contributed by atoms with Crippen LogP contribution in [0.25, 0.3) is 0 Å². The average Bonchev–Trinajstić information content (AvgIpc) is 2.53. The van der Waals surface area contributed by atoms with E-state index in [1.807, 2.05) is 31.3 Å². The van der Waals surface area contributed by atoms with Crippen LogP contribution in [-0.4, -0.2) is 33.9 Å². The molecule has 1 amide bonds. The summed E-state index contributed by atoms with van der Waals surface area (Å²) < 4.78 is 0. The number of nitrogens with one attached hydrogen (secondary N) is 1. The van der Waals surface area contributed by atoms with Crippen LogP contribution < -0.4 is 5.32 Å². The van der Waals surface area contributed by atoms with Gasteiger partial charge in [0.2, 0.25) is 5.95 Å². The molecule has 0 saturated heterocycles. The van der Waals surface area contributed by atoms with Crippen LogP contribution in [0.5, 0.6) is 0 Å². The molecule has 1 heterocycles. The van der Waals surface area contributed by atoms with E-state index in [0.29, 0.717) is 11.5 Å². The van der Waals surface area contributed by atoms with E-state index in [4.69, 9.17) is 0 Å². The van der Waals surface area contributed by atoms with Gasteiger partial charge in [0.25, 0.3) is 5.91 Å². The van der Waals surface area contributed by atoms with Crippen LogP contribution in [0.2, 0.25) is 0 Å². The fourth-order valence-electron chi connectivity index (χ4n) is 2.18. The third-order valence-corrected chi connectivity index (χ3v) is 4.09. The zero-order valence-electron chi connectivity index (χ0n) is 14.4. The van der Waals surface area contributed by atoms with Gasteiger partial charge in [-0.05, 0) is 36.6 Å². The number of carbonyl (C=O) groups excluding carboxylic acids is 1. The van der Waals surface area contributed by atoms with Crippen molar-refractivity contribution in [3.63, 3.8) is 0 Å². The fraction of sp³-hybridized carbons (Fsp3) is 0.389. The lowest BCUT2D eigenvalue weighted by Gasteiger charge is -2.35. The summed E-state index contributed by atoms with van der Waals surface area (Å²) in [6.07, 6.45) is 3.34. The Morgan fingerprint density at radius 1 is 1.17 bits per heavy atom. The van der Waals surface area contributed by atoms with E-state index in [-0.39, 0.29) is 17.4 Å². The molecule has 1 aromatic carbocycles. The maximum Gasteiger partial charge on any atom is 0.253 e. The summed E-state index contributed by atoms with van der Waals surface area (Å²) in [7, 11) is 1.85. The van der Waals surface area contributed by atoms with Gasteiger partial charge in [-0.3, -0.25) is 4.79 Å². The Balaban J connectivity index is 2.17. The highest BCUT2D eigenvalue weighted by Crippen LogP contribution is 2.25. The minimum atomic E-state index is 0.00468. The Morgan fingerprint density at radius 2 is 1.83 bits per heavy atom. The van der Waals surface area contributed by atoms with E-state index in [1.54, 1.807) is 23.4 Å². The summed E-state index contributed by atoms with van der Waals surface area (Å²) in [5, 5.41) is 3.10. The molecule has 5 heteroatoms. The summed E-state index contributed by atoms with van der Waals surface area (Å²) in [5.74, 6) is 0.513. The monoisotopic (exact) mass is 312 g/mol. The predicted molar refractivity (Wildman–Crippen MR) is 92.8 cm³/mol. The average molecular weight is 312 g/mol. The van der Waals surface area contributed by atoms with Crippen LogP contribution in [-0.2, 0) is 0 Å². The molecular formula is C18H24N4O. The minimum Gasteiger partial charge on any atom is -0.338 e. The summed E-state index contributed by atoms with van der Waals surface area (Å²) in [6, 6.07) is 9.28. The van der Waals surface area contributed by atoms with Crippen molar-refractivity contribution in [1.29, 1.82) is 0 Å². The van der Waals surface area contributed by atoms with Gasteiger partial charge >= 0.3 is 0 Å². The molecule has 0 fully saturated rings. The van der Waals surface area contributed by atoms with Crippen LogP contribution in [0.3, 0.4) is 0 Å². The highest BCUT2D eigenvalue weighted by Gasteiger charge is 2.27. The number of aromatic nitrogens is 2. The number of benzene rings is 1. The van der Waals surface area contributed by atoms with Crippen molar-refractivity contribution in [2.75, 3.05) is 12.4 Å². The van der Waals surface area contributed by atoms with Gasteiger partial charge in [0, 0.05) is 36.7 Å². The normalized spacial score (nSPS) is 12.6. The van der Waals surface area contributed by atoms with Crippen molar-refractivity contribution in [2.45, 2.75) is 33.7 Å². The highest BCUT2D eigenvalue weighted by atomic mass is 16.2. The van der Waals surface area contributed by atoms with Gasteiger partial charge in [-0.1, -0.05) is 26.8 Å². The molecule has 23 heavy (non-hydrogen) atoms. The third kappa shape index (κ3) is 4.28. The van der Waals surface area contributed by atoms with Crippen LogP contribution in [0.4, 0.5) is 11.6 Å². The van der Waals surface area contributed by atoms with E-state index in [9.17, 15) is 4.79 Å². The number of amides is 1. The van der Waals surface area contributed by atoms with E-state index in [2.05, 4.69) is 43.0 Å². The van der Waals surface area contributed by atoms with Gasteiger partial charge in [0.1, 0.15) is 0 Å². The van der Waals surface area contributed by atoms with E-state index in [1.165, 1.54) is 0 Å². The Bertz CT molecular complexity index is 664. The van der Waals surface area contributed by atoms with Crippen molar-refractivity contribution < 1.29 is 4.79 Å². The first kappa shape index (κ1) is 16.9. The smallest absolute Gasteiger partial charge is 0.253 e. The molecule has 1 N–H and O–H groups in total. The Morgan fingerprint density at radius 3 is 2.43 bits per heavy atom. The van der Waals surface area contributed by atoms with Gasteiger partial charge in [-0.2, -0.15) is 0 Å². The minimum absolute atomic E-state index is 0.00468. The van der Waals surface area contributed by atoms with Gasteiger partial charge < -0.3 is 10.2 Å². The maximum absolute atomic E-state index is 12.7. The molecule has 2 aromatic rings. The molecule has 0 spiro atoms. The van der Waals surface area contributed by atoms with Gasteiger partial charge in [0.15, 0.2) is 0 Å². The first-order valence-electron chi connectivity index (χ1n) is 7.70. The number of hydrogen-bond acceptors (Lipinski definition) is 4. The second kappa shape index (κ2) is 6.77. The quantitative estimate of drug-likeness (QED) is 0.934. The lowest BCUT2D eigenvalue weighted by Crippen LogP contribution is -2.42. The van der Waals surface area contributed by atoms with Gasteiger partial charge in [-0.15, -0.1) is 0 Å². The lowest BCUT2D eigenvalue weighted by molar-refractivity contribution is 0.0629. The maximum atomic E-state index is 12.7. The molecule has 0 aliphatic carbocycles. The van der Waals surface area contributed by atoms with Gasteiger partial charge in [-0.25, -0.2) is 9.97 Å². The standard InChI is InChI=1S/C18H24N4O/c1-13(18(2,3)4)22(5)16(23)14-8-6-9-15(12-14)21-17-19-10-7-11-20-17/h6-13H,1-5H3,(H,19,20,21)/t13-/m0/s1. The van der Waals surface area contributed by atoms with Crippen molar-refractivity contribution in [2.24, 2.45) is 5.41 Å². The van der Waals surface area contributed by atoms with Crippen molar-refractivity contribution in [3.8, 4) is 0 Å². The zero-order valence-corrected chi connectivity index (χ0v) is 14.4. The summed E-state index contributed by atoms with van der Waals surface area (Å²) >= 11 is 0. The molecule has 5 nitrogen and oxygen atoms in total. The SMILES string of the molecule is C[C@H](N(C)C(=O)c1cccc(Nc2ncccn2)c1)C(C)(C)C. The molecule has 0 unspecified atom stereocenters. The highest BCUT2D eigenvalue weighted by molar-refractivity contribution is 5.95. The Kier molecular flexibility index (Phi) is 4.98. The number of hydrogen-bond donors (Lipinski definition) is 1. The number of carbonyl (C=O) groups is 1. The fourth-order valence-corrected chi connectivity index (χ4v) is 2.18. The molecule has 0 radical (unpaired) electrons. The summed E-state index contributed by atoms with van der Waals surface area (Å²) in [6.45, 7) is 8.46. The zero-order chi connectivity index (χ0) is 17.0.